The van der Waals surface area contributed by atoms with Gasteiger partial charge >= 0.3 is 6.03 Å². The van der Waals surface area contributed by atoms with Gasteiger partial charge in [-0.05, 0) is 19.9 Å². The Morgan fingerprint density at radius 2 is 1.62 bits per heavy atom. The molecule has 0 aromatic rings. The van der Waals surface area contributed by atoms with Crippen molar-refractivity contribution in [3.05, 3.63) is 0 Å². The third kappa shape index (κ3) is 3.11. The van der Waals surface area contributed by atoms with E-state index >= 15 is 0 Å². The summed E-state index contributed by atoms with van der Waals surface area (Å²) in [7, 11) is 4.01. The minimum absolute atomic E-state index is 0.175. The first-order valence-corrected chi connectivity index (χ1v) is 6.13. The lowest BCUT2D eigenvalue weighted by Gasteiger charge is -2.37. The standard InChI is InChI=1S/C12H25N3O/c1-10(2)11(3)14(5)12(16)15-8-6-13(4)7-9-15/h10-11H,6-9H2,1-5H3/t11-/m0/s1. The van der Waals surface area contributed by atoms with Crippen LogP contribution in [0, 0.1) is 5.92 Å². The molecule has 1 aliphatic heterocycles. The summed E-state index contributed by atoms with van der Waals surface area (Å²) in [6.45, 7) is 10.1. The van der Waals surface area contributed by atoms with Crippen LogP contribution in [0.3, 0.4) is 0 Å². The van der Waals surface area contributed by atoms with Crippen LogP contribution in [0.5, 0.6) is 0 Å². The molecule has 2 amide bonds. The summed E-state index contributed by atoms with van der Waals surface area (Å²) in [4.78, 5) is 18.3. The van der Waals surface area contributed by atoms with Crippen molar-refractivity contribution < 1.29 is 4.79 Å². The minimum Gasteiger partial charge on any atom is -0.325 e. The summed E-state index contributed by atoms with van der Waals surface area (Å²) < 4.78 is 0. The van der Waals surface area contributed by atoms with Gasteiger partial charge in [0, 0.05) is 39.3 Å². The van der Waals surface area contributed by atoms with Crippen molar-refractivity contribution in [1.29, 1.82) is 0 Å². The SMILES string of the molecule is CC(C)[C@H](C)N(C)C(=O)N1CCN(C)CC1. The van der Waals surface area contributed by atoms with Crippen molar-refractivity contribution in [3.8, 4) is 0 Å². The molecule has 0 aromatic heterocycles. The second kappa shape index (κ2) is 5.53. The Labute approximate surface area is 99.2 Å². The lowest BCUT2D eigenvalue weighted by Crippen LogP contribution is -2.53. The maximum Gasteiger partial charge on any atom is 0.320 e. The van der Waals surface area contributed by atoms with Crippen LogP contribution in [0.4, 0.5) is 4.79 Å². The van der Waals surface area contributed by atoms with Crippen LogP contribution in [0.15, 0.2) is 0 Å². The largest absolute Gasteiger partial charge is 0.325 e. The maximum absolute atomic E-state index is 12.2. The van der Waals surface area contributed by atoms with Gasteiger partial charge in [0.2, 0.25) is 0 Å². The molecule has 4 heteroatoms. The van der Waals surface area contributed by atoms with Crippen LogP contribution in [0.2, 0.25) is 0 Å². The lowest BCUT2D eigenvalue weighted by molar-refractivity contribution is 0.112. The Morgan fingerprint density at radius 1 is 1.12 bits per heavy atom. The summed E-state index contributed by atoms with van der Waals surface area (Å²) in [5.41, 5.74) is 0. The molecule has 16 heavy (non-hydrogen) atoms. The van der Waals surface area contributed by atoms with E-state index in [1.54, 1.807) is 0 Å². The Kier molecular flexibility index (Phi) is 4.59. The van der Waals surface area contributed by atoms with E-state index in [-0.39, 0.29) is 6.03 Å². The fraction of sp³-hybridized carbons (Fsp3) is 0.917. The molecule has 0 spiro atoms. The second-order valence-electron chi connectivity index (χ2n) is 5.17. The molecule has 1 aliphatic rings. The number of amides is 2. The number of urea groups is 1. The predicted molar refractivity (Wildman–Crippen MR) is 66.5 cm³/mol. The predicted octanol–water partition coefficient (Wildman–Crippen LogP) is 1.33. The van der Waals surface area contributed by atoms with Crippen molar-refractivity contribution in [3.63, 3.8) is 0 Å². The van der Waals surface area contributed by atoms with Gasteiger partial charge in [-0.25, -0.2) is 4.79 Å². The molecule has 0 N–H and O–H groups in total. The van der Waals surface area contributed by atoms with Gasteiger partial charge in [0.15, 0.2) is 0 Å². The molecule has 4 nitrogen and oxygen atoms in total. The normalized spacial score (nSPS) is 20.0. The molecule has 0 aliphatic carbocycles. The highest BCUT2D eigenvalue weighted by atomic mass is 16.2. The van der Waals surface area contributed by atoms with E-state index in [0.717, 1.165) is 26.2 Å². The van der Waals surface area contributed by atoms with E-state index < -0.39 is 0 Å². The van der Waals surface area contributed by atoms with Gasteiger partial charge in [0.05, 0.1) is 0 Å². The van der Waals surface area contributed by atoms with E-state index in [2.05, 4.69) is 32.7 Å². The fourth-order valence-electron chi connectivity index (χ4n) is 1.84. The Hall–Kier alpha value is -0.770. The number of hydrogen-bond acceptors (Lipinski definition) is 2. The van der Waals surface area contributed by atoms with Gasteiger partial charge in [0.1, 0.15) is 0 Å². The average Bonchev–Trinajstić information content (AvgIpc) is 2.27. The van der Waals surface area contributed by atoms with Gasteiger partial charge in [-0.1, -0.05) is 13.8 Å². The van der Waals surface area contributed by atoms with Gasteiger partial charge in [-0.2, -0.15) is 0 Å². The Bertz CT molecular complexity index is 234. The fourth-order valence-corrected chi connectivity index (χ4v) is 1.84. The molecular weight excluding hydrogens is 202 g/mol. The van der Waals surface area contributed by atoms with Crippen molar-refractivity contribution in [2.75, 3.05) is 40.3 Å². The summed E-state index contributed by atoms with van der Waals surface area (Å²) in [6.07, 6.45) is 0. The first kappa shape index (κ1) is 13.3. The number of piperazine rings is 1. The lowest BCUT2D eigenvalue weighted by atomic mass is 10.1. The highest BCUT2D eigenvalue weighted by molar-refractivity contribution is 5.74. The van der Waals surface area contributed by atoms with Crippen LogP contribution < -0.4 is 0 Å². The topological polar surface area (TPSA) is 26.8 Å². The van der Waals surface area contributed by atoms with Crippen molar-refractivity contribution in [2.45, 2.75) is 26.8 Å². The third-order valence-electron chi connectivity index (χ3n) is 3.65. The summed E-state index contributed by atoms with van der Waals surface area (Å²) in [6, 6.07) is 0.474. The molecule has 1 heterocycles. The van der Waals surface area contributed by atoms with E-state index in [0.29, 0.717) is 12.0 Å². The van der Waals surface area contributed by atoms with Crippen molar-refractivity contribution >= 4 is 6.03 Å². The van der Waals surface area contributed by atoms with Crippen LogP contribution in [0.25, 0.3) is 0 Å². The van der Waals surface area contributed by atoms with Crippen molar-refractivity contribution in [2.24, 2.45) is 5.92 Å². The highest BCUT2D eigenvalue weighted by Crippen LogP contribution is 2.11. The Balaban J connectivity index is 2.50. The zero-order chi connectivity index (χ0) is 12.3. The van der Waals surface area contributed by atoms with E-state index in [1.165, 1.54) is 0 Å². The van der Waals surface area contributed by atoms with E-state index in [9.17, 15) is 4.79 Å². The molecule has 0 saturated carbocycles. The number of rotatable bonds is 2. The highest BCUT2D eigenvalue weighted by Gasteiger charge is 2.25. The number of nitrogens with zero attached hydrogens (tertiary/aromatic N) is 3. The van der Waals surface area contributed by atoms with E-state index in [4.69, 9.17) is 0 Å². The molecule has 0 unspecified atom stereocenters. The zero-order valence-electron chi connectivity index (χ0n) is 11.2. The van der Waals surface area contributed by atoms with Gasteiger partial charge in [-0.3, -0.25) is 0 Å². The number of carbonyl (C=O) groups is 1. The van der Waals surface area contributed by atoms with E-state index in [1.807, 2.05) is 16.8 Å². The molecular formula is C12H25N3O. The third-order valence-corrected chi connectivity index (χ3v) is 3.65. The zero-order valence-corrected chi connectivity index (χ0v) is 11.2. The molecule has 0 radical (unpaired) electrons. The van der Waals surface area contributed by atoms with Gasteiger partial charge in [0.25, 0.3) is 0 Å². The van der Waals surface area contributed by atoms with Gasteiger partial charge in [-0.15, -0.1) is 0 Å². The van der Waals surface area contributed by atoms with Crippen LogP contribution >= 0.6 is 0 Å². The molecule has 94 valence electrons. The molecule has 0 bridgehead atoms. The Morgan fingerprint density at radius 3 is 2.06 bits per heavy atom. The number of carbonyl (C=O) groups excluding carboxylic acids is 1. The smallest absolute Gasteiger partial charge is 0.320 e. The van der Waals surface area contributed by atoms with Gasteiger partial charge < -0.3 is 14.7 Å². The molecule has 1 atom stereocenters. The van der Waals surface area contributed by atoms with Crippen LogP contribution in [-0.4, -0.2) is 67.0 Å². The summed E-state index contributed by atoms with van der Waals surface area (Å²) in [5, 5.41) is 0. The van der Waals surface area contributed by atoms with Crippen LogP contribution in [-0.2, 0) is 0 Å². The van der Waals surface area contributed by atoms with Crippen LogP contribution in [0.1, 0.15) is 20.8 Å². The number of likely N-dealkylation sites (N-methyl/N-ethyl adjacent to an activating group) is 1. The molecule has 1 fully saturated rings. The second-order valence-corrected chi connectivity index (χ2v) is 5.17. The maximum atomic E-state index is 12.2. The van der Waals surface area contributed by atoms with Crippen molar-refractivity contribution in [1.82, 2.24) is 14.7 Å². The molecule has 1 saturated heterocycles. The molecule has 0 aromatic carbocycles. The first-order valence-electron chi connectivity index (χ1n) is 6.13. The summed E-state index contributed by atoms with van der Waals surface area (Å²) >= 11 is 0. The monoisotopic (exact) mass is 227 g/mol. The quantitative estimate of drug-likeness (QED) is 0.711. The minimum atomic E-state index is 0.175. The average molecular weight is 227 g/mol. The summed E-state index contributed by atoms with van der Waals surface area (Å²) in [5.74, 6) is 0.501. The molecule has 1 rings (SSSR count). The first-order chi connectivity index (χ1) is 7.43. The number of hydrogen-bond donors (Lipinski definition) is 0.